The molecule has 0 fully saturated rings. The summed E-state index contributed by atoms with van der Waals surface area (Å²) in [7, 11) is 0. The van der Waals surface area contributed by atoms with Gasteiger partial charge in [-0.3, -0.25) is 0 Å². The summed E-state index contributed by atoms with van der Waals surface area (Å²) in [4.78, 5) is 11.8. The molecule has 0 saturated carbocycles. The first-order valence-electron chi connectivity index (χ1n) is 6.28. The van der Waals surface area contributed by atoms with Gasteiger partial charge in [0.1, 0.15) is 11.3 Å². The van der Waals surface area contributed by atoms with Crippen LogP contribution in [0.15, 0.2) is 48.5 Å². The molecule has 2 rings (SSSR count). The summed E-state index contributed by atoms with van der Waals surface area (Å²) < 4.78 is 5.05. The lowest BCUT2D eigenvalue weighted by atomic mass is 10.0. The van der Waals surface area contributed by atoms with E-state index in [2.05, 4.69) is 0 Å². The Morgan fingerprint density at radius 1 is 1.11 bits per heavy atom. The van der Waals surface area contributed by atoms with Crippen molar-refractivity contribution in [3.8, 4) is 16.9 Å². The van der Waals surface area contributed by atoms with Crippen molar-refractivity contribution in [2.24, 2.45) is 0 Å². The van der Waals surface area contributed by atoms with E-state index in [1.165, 1.54) is 0 Å². The summed E-state index contributed by atoms with van der Waals surface area (Å²) in [5.74, 6) is -0.521. The lowest BCUT2D eigenvalue weighted by Gasteiger charge is -2.09. The van der Waals surface area contributed by atoms with E-state index in [0.29, 0.717) is 12.2 Å². The topological polar surface area (TPSA) is 46.5 Å². The molecule has 0 unspecified atom stereocenters. The van der Waals surface area contributed by atoms with Crippen molar-refractivity contribution in [1.29, 1.82) is 0 Å². The maximum atomic E-state index is 11.8. The van der Waals surface area contributed by atoms with Gasteiger partial charge >= 0.3 is 5.97 Å². The van der Waals surface area contributed by atoms with Crippen LogP contribution in [0.3, 0.4) is 0 Å². The second-order valence-corrected chi connectivity index (χ2v) is 4.20. The van der Waals surface area contributed by atoms with Crippen LogP contribution in [0.2, 0.25) is 0 Å². The molecule has 0 heterocycles. The minimum absolute atomic E-state index is 0.0326. The molecule has 0 aliphatic carbocycles. The van der Waals surface area contributed by atoms with Crippen molar-refractivity contribution < 1.29 is 14.6 Å². The van der Waals surface area contributed by atoms with Crippen LogP contribution in [-0.4, -0.2) is 17.7 Å². The van der Waals surface area contributed by atoms with Gasteiger partial charge in [0, 0.05) is 5.56 Å². The Hall–Kier alpha value is -2.29. The maximum absolute atomic E-state index is 11.8. The highest BCUT2D eigenvalue weighted by Gasteiger charge is 2.15. The van der Waals surface area contributed by atoms with Gasteiger partial charge in [-0.1, -0.05) is 49.4 Å². The Morgan fingerprint density at radius 3 is 2.53 bits per heavy atom. The number of hydrogen-bond acceptors (Lipinski definition) is 3. The van der Waals surface area contributed by atoms with Gasteiger partial charge in [0.05, 0.1) is 6.61 Å². The summed E-state index contributed by atoms with van der Waals surface area (Å²) in [6.07, 6.45) is 0.755. The zero-order valence-electron chi connectivity index (χ0n) is 10.8. The lowest BCUT2D eigenvalue weighted by Crippen LogP contribution is -2.06. The number of carbonyl (C=O) groups is 1. The van der Waals surface area contributed by atoms with Crippen molar-refractivity contribution in [1.82, 2.24) is 0 Å². The summed E-state index contributed by atoms with van der Waals surface area (Å²) in [6.45, 7) is 2.28. The van der Waals surface area contributed by atoms with E-state index in [1.807, 2.05) is 37.3 Å². The van der Waals surface area contributed by atoms with Crippen molar-refractivity contribution in [2.45, 2.75) is 13.3 Å². The van der Waals surface area contributed by atoms with Crippen molar-refractivity contribution in [3.63, 3.8) is 0 Å². The molecule has 0 aromatic heterocycles. The van der Waals surface area contributed by atoms with Crippen LogP contribution in [0, 0.1) is 0 Å². The van der Waals surface area contributed by atoms with Gasteiger partial charge in [-0.2, -0.15) is 0 Å². The molecule has 98 valence electrons. The van der Waals surface area contributed by atoms with E-state index in [-0.39, 0.29) is 11.3 Å². The fraction of sp³-hybridized carbons (Fsp3) is 0.188. The third-order valence-electron chi connectivity index (χ3n) is 2.78. The molecule has 2 aromatic carbocycles. The van der Waals surface area contributed by atoms with Crippen LogP contribution in [-0.2, 0) is 4.74 Å². The minimum atomic E-state index is -0.489. The normalized spacial score (nSPS) is 10.2. The summed E-state index contributed by atoms with van der Waals surface area (Å²) in [5.41, 5.74) is 1.70. The number of carbonyl (C=O) groups excluding carboxylic acids is 1. The molecule has 0 aliphatic rings. The van der Waals surface area contributed by atoms with Gasteiger partial charge in [-0.25, -0.2) is 4.79 Å². The van der Waals surface area contributed by atoms with Crippen LogP contribution in [0.1, 0.15) is 23.7 Å². The molecule has 0 aliphatic heterocycles. The van der Waals surface area contributed by atoms with E-state index >= 15 is 0 Å². The quantitative estimate of drug-likeness (QED) is 0.850. The lowest BCUT2D eigenvalue weighted by molar-refractivity contribution is 0.0502. The second kappa shape index (κ2) is 6.05. The zero-order valence-corrected chi connectivity index (χ0v) is 10.8. The van der Waals surface area contributed by atoms with Gasteiger partial charge in [-0.15, -0.1) is 0 Å². The molecule has 0 spiro atoms. The van der Waals surface area contributed by atoms with Crippen molar-refractivity contribution in [2.75, 3.05) is 6.61 Å². The number of benzene rings is 2. The van der Waals surface area contributed by atoms with E-state index in [4.69, 9.17) is 4.74 Å². The van der Waals surface area contributed by atoms with Crippen LogP contribution in [0.25, 0.3) is 11.1 Å². The van der Waals surface area contributed by atoms with Crippen molar-refractivity contribution in [3.05, 3.63) is 54.1 Å². The molecule has 3 heteroatoms. The maximum Gasteiger partial charge on any atom is 0.341 e. The van der Waals surface area contributed by atoms with E-state index in [9.17, 15) is 9.90 Å². The Labute approximate surface area is 112 Å². The molecule has 3 nitrogen and oxygen atoms in total. The van der Waals surface area contributed by atoms with Crippen molar-refractivity contribution >= 4 is 5.97 Å². The number of phenolic OH excluding ortho intramolecular Hbond substituents is 1. The smallest absolute Gasteiger partial charge is 0.341 e. The van der Waals surface area contributed by atoms with Crippen LogP contribution in [0.4, 0.5) is 0 Å². The first-order valence-corrected chi connectivity index (χ1v) is 6.28. The number of para-hydroxylation sites is 1. The third-order valence-corrected chi connectivity index (χ3v) is 2.78. The summed E-state index contributed by atoms with van der Waals surface area (Å²) in [5, 5.41) is 10.2. The Kier molecular flexibility index (Phi) is 4.18. The van der Waals surface area contributed by atoms with Crippen LogP contribution < -0.4 is 0 Å². The Balaban J connectivity index is 2.36. The van der Waals surface area contributed by atoms with E-state index < -0.39 is 5.97 Å². The number of aromatic hydroxyl groups is 1. The highest BCUT2D eigenvalue weighted by Crippen LogP contribution is 2.32. The fourth-order valence-electron chi connectivity index (χ4n) is 1.83. The monoisotopic (exact) mass is 256 g/mol. The number of rotatable bonds is 4. The Bertz CT molecular complexity index is 561. The van der Waals surface area contributed by atoms with Gasteiger partial charge < -0.3 is 9.84 Å². The van der Waals surface area contributed by atoms with E-state index in [0.717, 1.165) is 12.0 Å². The first-order chi connectivity index (χ1) is 9.24. The second-order valence-electron chi connectivity index (χ2n) is 4.20. The molecule has 1 N–H and O–H groups in total. The number of phenols is 1. The van der Waals surface area contributed by atoms with Gasteiger partial charge in [0.15, 0.2) is 0 Å². The molecule has 0 amide bonds. The summed E-state index contributed by atoms with van der Waals surface area (Å²) >= 11 is 0. The molecule has 2 aromatic rings. The van der Waals surface area contributed by atoms with Crippen LogP contribution >= 0.6 is 0 Å². The standard InChI is InChI=1S/C16H16O3/c1-2-11-19-16(18)14-10-6-9-13(15(14)17)12-7-4-3-5-8-12/h3-10,17H,2,11H2,1H3. The first kappa shape index (κ1) is 13.1. The van der Waals surface area contributed by atoms with E-state index in [1.54, 1.807) is 18.2 Å². The number of ether oxygens (including phenoxy) is 1. The van der Waals surface area contributed by atoms with Gasteiger partial charge in [-0.05, 0) is 18.1 Å². The molecular weight excluding hydrogens is 240 g/mol. The highest BCUT2D eigenvalue weighted by molar-refractivity contribution is 5.95. The highest BCUT2D eigenvalue weighted by atomic mass is 16.5. The molecule has 0 bridgehead atoms. The number of esters is 1. The zero-order chi connectivity index (χ0) is 13.7. The predicted molar refractivity (Wildman–Crippen MR) is 74.1 cm³/mol. The molecule has 19 heavy (non-hydrogen) atoms. The SMILES string of the molecule is CCCOC(=O)c1cccc(-c2ccccc2)c1O. The Morgan fingerprint density at radius 2 is 1.84 bits per heavy atom. The molecular formula is C16H16O3. The molecule has 0 radical (unpaired) electrons. The average molecular weight is 256 g/mol. The fourth-order valence-corrected chi connectivity index (χ4v) is 1.83. The third kappa shape index (κ3) is 2.94. The van der Waals surface area contributed by atoms with Gasteiger partial charge in [0.25, 0.3) is 0 Å². The summed E-state index contributed by atoms with van der Waals surface area (Å²) in [6, 6.07) is 14.5. The predicted octanol–water partition coefficient (Wildman–Crippen LogP) is 3.63. The number of hydrogen-bond donors (Lipinski definition) is 1. The molecule has 0 saturated heterocycles. The minimum Gasteiger partial charge on any atom is -0.506 e. The molecule has 0 atom stereocenters. The van der Waals surface area contributed by atoms with Gasteiger partial charge in [0.2, 0.25) is 0 Å². The average Bonchev–Trinajstić information content (AvgIpc) is 2.46. The van der Waals surface area contributed by atoms with Crippen LogP contribution in [0.5, 0.6) is 5.75 Å². The largest absolute Gasteiger partial charge is 0.506 e.